The third-order valence-corrected chi connectivity index (χ3v) is 3.67. The van der Waals surface area contributed by atoms with Crippen molar-refractivity contribution in [2.75, 3.05) is 11.4 Å². The van der Waals surface area contributed by atoms with Gasteiger partial charge in [0.25, 0.3) is 5.91 Å². The van der Waals surface area contributed by atoms with E-state index in [0.717, 1.165) is 12.1 Å². The Morgan fingerprint density at radius 1 is 1.16 bits per heavy atom. The number of para-hydroxylation sites is 1. The van der Waals surface area contributed by atoms with E-state index in [2.05, 4.69) is 6.07 Å². The van der Waals surface area contributed by atoms with Crippen LogP contribution in [0.2, 0.25) is 0 Å². The number of carbonyl (C=O) groups excluding carboxylic acids is 1. The molecule has 0 atom stereocenters. The van der Waals surface area contributed by atoms with E-state index in [1.54, 1.807) is 30.0 Å². The fraction of sp³-hybridized carbons (Fsp3) is 0.188. The van der Waals surface area contributed by atoms with E-state index in [9.17, 15) is 9.90 Å². The van der Waals surface area contributed by atoms with Gasteiger partial charge in [-0.1, -0.05) is 24.3 Å². The van der Waals surface area contributed by atoms with Crippen molar-refractivity contribution in [2.24, 2.45) is 0 Å². The lowest BCUT2D eigenvalue weighted by Gasteiger charge is -2.18. The summed E-state index contributed by atoms with van der Waals surface area (Å²) in [4.78, 5) is 14.4. The van der Waals surface area contributed by atoms with Crippen molar-refractivity contribution < 1.29 is 9.90 Å². The topological polar surface area (TPSA) is 40.5 Å². The van der Waals surface area contributed by atoms with E-state index >= 15 is 0 Å². The number of fused-ring (bicyclic) bond motifs is 1. The Labute approximate surface area is 112 Å². The maximum atomic E-state index is 12.6. The molecule has 0 spiro atoms. The molecule has 96 valence electrons. The predicted molar refractivity (Wildman–Crippen MR) is 74.7 cm³/mol. The molecule has 1 aliphatic rings. The van der Waals surface area contributed by atoms with Crippen LogP contribution >= 0.6 is 0 Å². The predicted octanol–water partition coefficient (Wildman–Crippen LogP) is 2.90. The summed E-state index contributed by atoms with van der Waals surface area (Å²) in [6, 6.07) is 13.0. The molecule has 0 fully saturated rings. The smallest absolute Gasteiger partial charge is 0.258 e. The van der Waals surface area contributed by atoms with Crippen LogP contribution in [0, 0.1) is 6.92 Å². The first kappa shape index (κ1) is 11.8. The minimum absolute atomic E-state index is 0.0432. The molecule has 1 heterocycles. The number of anilines is 1. The summed E-state index contributed by atoms with van der Waals surface area (Å²) >= 11 is 0. The van der Waals surface area contributed by atoms with E-state index in [-0.39, 0.29) is 11.7 Å². The van der Waals surface area contributed by atoms with Crippen LogP contribution in [0.5, 0.6) is 5.75 Å². The molecule has 0 saturated heterocycles. The fourth-order valence-corrected chi connectivity index (χ4v) is 2.55. The number of hydrogen-bond donors (Lipinski definition) is 1. The SMILES string of the molecule is Cc1c(O)cccc1C(=O)N1CCc2ccccc21. The van der Waals surface area contributed by atoms with Crippen LogP contribution in [0.25, 0.3) is 0 Å². The molecule has 0 saturated carbocycles. The Hall–Kier alpha value is -2.29. The molecule has 2 aromatic rings. The molecule has 0 unspecified atom stereocenters. The van der Waals surface area contributed by atoms with Gasteiger partial charge >= 0.3 is 0 Å². The first-order chi connectivity index (χ1) is 9.18. The normalized spacial score (nSPS) is 13.4. The van der Waals surface area contributed by atoms with Gasteiger partial charge in [0.15, 0.2) is 0 Å². The largest absolute Gasteiger partial charge is 0.508 e. The number of aromatic hydroxyl groups is 1. The second-order valence-corrected chi connectivity index (χ2v) is 4.79. The summed E-state index contributed by atoms with van der Waals surface area (Å²) in [5.41, 5.74) is 3.39. The molecule has 0 radical (unpaired) electrons. The Bertz CT molecular complexity index is 649. The van der Waals surface area contributed by atoms with Gasteiger partial charge in [0.05, 0.1) is 0 Å². The standard InChI is InChI=1S/C16H15NO2/c1-11-13(6-4-8-15(11)18)16(19)17-10-9-12-5-2-3-7-14(12)17/h2-8,18H,9-10H2,1H3. The van der Waals surface area contributed by atoms with Crippen LogP contribution in [0.15, 0.2) is 42.5 Å². The second kappa shape index (κ2) is 4.43. The summed E-state index contributed by atoms with van der Waals surface area (Å²) in [6.07, 6.45) is 0.889. The van der Waals surface area contributed by atoms with Gasteiger partial charge in [0, 0.05) is 23.4 Å². The first-order valence-corrected chi connectivity index (χ1v) is 6.37. The van der Waals surface area contributed by atoms with Gasteiger partial charge in [0.1, 0.15) is 5.75 Å². The van der Waals surface area contributed by atoms with Gasteiger partial charge in [-0.05, 0) is 37.1 Å². The van der Waals surface area contributed by atoms with Gasteiger partial charge < -0.3 is 10.0 Å². The van der Waals surface area contributed by atoms with Crippen molar-refractivity contribution in [1.82, 2.24) is 0 Å². The highest BCUT2D eigenvalue weighted by Gasteiger charge is 2.26. The highest BCUT2D eigenvalue weighted by molar-refractivity contribution is 6.08. The molecule has 1 N–H and O–H groups in total. The van der Waals surface area contributed by atoms with Crippen molar-refractivity contribution in [3.63, 3.8) is 0 Å². The zero-order chi connectivity index (χ0) is 13.4. The lowest BCUT2D eigenvalue weighted by molar-refractivity contribution is 0.0988. The number of carbonyl (C=O) groups is 1. The van der Waals surface area contributed by atoms with E-state index in [1.165, 1.54) is 5.56 Å². The van der Waals surface area contributed by atoms with Gasteiger partial charge in [0.2, 0.25) is 0 Å². The molecule has 19 heavy (non-hydrogen) atoms. The molecule has 1 aliphatic heterocycles. The third kappa shape index (κ3) is 1.87. The lowest BCUT2D eigenvalue weighted by Crippen LogP contribution is -2.29. The van der Waals surface area contributed by atoms with Gasteiger partial charge in [-0.15, -0.1) is 0 Å². The summed E-state index contributed by atoms with van der Waals surface area (Å²) in [5.74, 6) is 0.122. The Morgan fingerprint density at radius 3 is 2.79 bits per heavy atom. The Balaban J connectivity index is 2.00. The molecule has 1 amide bonds. The zero-order valence-electron chi connectivity index (χ0n) is 10.8. The summed E-state index contributed by atoms with van der Waals surface area (Å²) in [7, 11) is 0. The molecular formula is C16H15NO2. The number of rotatable bonds is 1. The average molecular weight is 253 g/mol. The van der Waals surface area contributed by atoms with Gasteiger partial charge in [-0.3, -0.25) is 4.79 Å². The van der Waals surface area contributed by atoms with Crippen molar-refractivity contribution in [2.45, 2.75) is 13.3 Å². The number of phenols is 1. The van der Waals surface area contributed by atoms with Crippen molar-refractivity contribution in [3.05, 3.63) is 59.2 Å². The number of nitrogens with zero attached hydrogens (tertiary/aromatic N) is 1. The highest BCUT2D eigenvalue weighted by atomic mass is 16.3. The zero-order valence-corrected chi connectivity index (χ0v) is 10.8. The van der Waals surface area contributed by atoms with Crippen LogP contribution < -0.4 is 4.90 Å². The van der Waals surface area contributed by atoms with Crippen LogP contribution in [0.4, 0.5) is 5.69 Å². The lowest BCUT2D eigenvalue weighted by atomic mass is 10.1. The van der Waals surface area contributed by atoms with Crippen LogP contribution in [-0.4, -0.2) is 17.6 Å². The van der Waals surface area contributed by atoms with Crippen molar-refractivity contribution >= 4 is 11.6 Å². The minimum Gasteiger partial charge on any atom is -0.508 e. The van der Waals surface area contributed by atoms with Crippen LogP contribution in [-0.2, 0) is 6.42 Å². The van der Waals surface area contributed by atoms with Crippen LogP contribution in [0.3, 0.4) is 0 Å². The fourth-order valence-electron chi connectivity index (χ4n) is 2.55. The summed E-state index contributed by atoms with van der Waals surface area (Å²) in [6.45, 7) is 2.47. The highest BCUT2D eigenvalue weighted by Crippen LogP contribution is 2.30. The maximum absolute atomic E-state index is 12.6. The minimum atomic E-state index is -0.0432. The van der Waals surface area contributed by atoms with Gasteiger partial charge in [-0.25, -0.2) is 0 Å². The average Bonchev–Trinajstić information content (AvgIpc) is 2.85. The maximum Gasteiger partial charge on any atom is 0.258 e. The summed E-state index contributed by atoms with van der Waals surface area (Å²) < 4.78 is 0. The molecule has 2 aromatic carbocycles. The quantitative estimate of drug-likeness (QED) is 0.849. The molecular weight excluding hydrogens is 238 g/mol. The number of hydrogen-bond acceptors (Lipinski definition) is 2. The second-order valence-electron chi connectivity index (χ2n) is 4.79. The number of phenolic OH excluding ortho intramolecular Hbond substituents is 1. The third-order valence-electron chi connectivity index (χ3n) is 3.67. The van der Waals surface area contributed by atoms with E-state index in [4.69, 9.17) is 0 Å². The van der Waals surface area contributed by atoms with Crippen molar-refractivity contribution in [1.29, 1.82) is 0 Å². The van der Waals surface area contributed by atoms with E-state index in [0.29, 0.717) is 17.7 Å². The van der Waals surface area contributed by atoms with Gasteiger partial charge in [-0.2, -0.15) is 0 Å². The molecule has 0 aliphatic carbocycles. The van der Waals surface area contributed by atoms with E-state index in [1.807, 2.05) is 18.2 Å². The molecule has 0 bridgehead atoms. The number of benzene rings is 2. The first-order valence-electron chi connectivity index (χ1n) is 6.37. The Morgan fingerprint density at radius 2 is 1.95 bits per heavy atom. The van der Waals surface area contributed by atoms with Crippen LogP contribution in [0.1, 0.15) is 21.5 Å². The molecule has 3 rings (SSSR count). The molecule has 3 heteroatoms. The monoisotopic (exact) mass is 253 g/mol. The Kier molecular flexibility index (Phi) is 2.75. The molecule has 0 aromatic heterocycles. The number of amides is 1. The molecule has 3 nitrogen and oxygen atoms in total. The van der Waals surface area contributed by atoms with Crippen molar-refractivity contribution in [3.8, 4) is 5.75 Å². The summed E-state index contributed by atoms with van der Waals surface area (Å²) in [5, 5.41) is 9.72. The van der Waals surface area contributed by atoms with E-state index < -0.39 is 0 Å².